The van der Waals surface area contributed by atoms with Crippen LogP contribution in [0.25, 0.3) is 22.2 Å². The normalized spacial score (nSPS) is 9.68. The van der Waals surface area contributed by atoms with E-state index < -0.39 is 0 Å². The van der Waals surface area contributed by atoms with E-state index in [-0.39, 0.29) is 32.7 Å². The summed E-state index contributed by atoms with van der Waals surface area (Å²) in [5.74, 6) is 0. The Hall–Kier alpha value is -1.16. The number of rotatable bonds is 6. The number of benzene rings is 1. The van der Waals surface area contributed by atoms with Crippen molar-refractivity contribution >= 4 is 10.9 Å². The van der Waals surface area contributed by atoms with Gasteiger partial charge in [-0.3, -0.25) is 4.98 Å². The van der Waals surface area contributed by atoms with Crippen molar-refractivity contribution in [1.29, 1.82) is 0 Å². The zero-order valence-electron chi connectivity index (χ0n) is 17.9. The molecule has 0 unspecified atom stereocenters. The molecule has 0 aliphatic rings. The fraction of sp³-hybridized carbons (Fsp3) is 0.333. The maximum Gasteiger partial charge on any atom is 0.0727 e. The fourth-order valence-corrected chi connectivity index (χ4v) is 2.73. The van der Waals surface area contributed by atoms with E-state index in [9.17, 15) is 0 Å². The Labute approximate surface area is 196 Å². The van der Waals surface area contributed by atoms with E-state index in [0.29, 0.717) is 0 Å². The van der Waals surface area contributed by atoms with Crippen LogP contribution in [0.2, 0.25) is 0 Å². The molecular formula is C24H33N3Y-2. The smallest absolute Gasteiger partial charge is 0.0727 e. The molecule has 1 aromatic carbocycles. The first-order valence-corrected chi connectivity index (χ1v) is 9.91. The summed E-state index contributed by atoms with van der Waals surface area (Å²) in [6.07, 6.45) is 4.60. The van der Waals surface area contributed by atoms with Crippen LogP contribution >= 0.6 is 0 Å². The van der Waals surface area contributed by atoms with Gasteiger partial charge in [0, 0.05) is 56.1 Å². The Kier molecular flexibility index (Phi) is 15.1. The third kappa shape index (κ3) is 7.69. The van der Waals surface area contributed by atoms with Crippen molar-refractivity contribution in [2.75, 3.05) is 19.6 Å². The van der Waals surface area contributed by atoms with E-state index in [2.05, 4.69) is 48.0 Å². The number of hydrogen-bond donors (Lipinski definition) is 0. The van der Waals surface area contributed by atoms with Gasteiger partial charge in [-0.05, 0) is 42.8 Å². The van der Waals surface area contributed by atoms with Gasteiger partial charge < -0.3 is 18.7 Å². The van der Waals surface area contributed by atoms with E-state index >= 15 is 0 Å². The van der Waals surface area contributed by atoms with Gasteiger partial charge in [0.1, 0.15) is 0 Å². The molecule has 0 N–H and O–H groups in total. The molecule has 2 aromatic heterocycles. The largest absolute Gasteiger partial charge is 0.362 e. The Morgan fingerprint density at radius 3 is 2.21 bits per heavy atom. The molecule has 0 fully saturated rings. The second kappa shape index (κ2) is 15.7. The first-order chi connectivity index (χ1) is 13.3. The standard InChI is InChI=1S/C20H21N3.2C2H6.Y/c1-3-23(4-2)13-11-16-14-20(17-8-7-12-21-15-17)22-19-10-6-5-9-18(16)19;2*1-2;/h5-10,12,14-15H,1-4,11,13H2;2*1-2H3;/q-2;;;. The van der Waals surface area contributed by atoms with Crippen molar-refractivity contribution in [2.45, 2.75) is 34.1 Å². The SMILES string of the molecule is CC.CC.[CH2-]CN(C[CH2-])CCc1cc(-c2cccnc2)nc2ccccc12.[Y]. The number of hydrogen-bond acceptors (Lipinski definition) is 3. The molecule has 0 amide bonds. The van der Waals surface area contributed by atoms with Gasteiger partial charge in [-0.25, -0.2) is 4.98 Å². The van der Waals surface area contributed by atoms with Crippen molar-refractivity contribution in [3.63, 3.8) is 0 Å². The molecule has 0 aliphatic heterocycles. The maximum absolute atomic E-state index is 4.80. The predicted octanol–water partition coefficient (Wildman–Crippen LogP) is 5.86. The Morgan fingerprint density at radius 1 is 0.929 bits per heavy atom. The summed E-state index contributed by atoms with van der Waals surface area (Å²) < 4.78 is 0. The van der Waals surface area contributed by atoms with Crippen molar-refractivity contribution in [1.82, 2.24) is 14.9 Å². The van der Waals surface area contributed by atoms with E-state index in [1.54, 1.807) is 6.20 Å². The molecule has 3 nitrogen and oxygen atoms in total. The quantitative estimate of drug-likeness (QED) is 0.439. The average molecular weight is 452 g/mol. The molecule has 3 aromatic rings. The minimum Gasteiger partial charge on any atom is -0.362 e. The van der Waals surface area contributed by atoms with Gasteiger partial charge in [0.25, 0.3) is 0 Å². The van der Waals surface area contributed by atoms with Crippen LogP contribution in [-0.2, 0) is 39.1 Å². The summed E-state index contributed by atoms with van der Waals surface area (Å²) in [5.41, 5.74) is 4.36. The second-order valence-electron chi connectivity index (χ2n) is 5.52. The molecule has 0 aliphatic carbocycles. The number of aromatic nitrogens is 2. The van der Waals surface area contributed by atoms with Crippen molar-refractivity contribution in [3.8, 4) is 11.3 Å². The maximum atomic E-state index is 4.80. The summed E-state index contributed by atoms with van der Waals surface area (Å²) in [6.45, 7) is 18.4. The second-order valence-corrected chi connectivity index (χ2v) is 5.52. The molecule has 4 heteroatoms. The third-order valence-corrected chi connectivity index (χ3v) is 4.09. The molecule has 2 heterocycles. The Balaban J connectivity index is 0.00000137. The van der Waals surface area contributed by atoms with Gasteiger partial charge in [-0.1, -0.05) is 45.9 Å². The number of para-hydroxylation sites is 1. The average Bonchev–Trinajstić information content (AvgIpc) is 2.77. The van der Waals surface area contributed by atoms with E-state index in [1.807, 2.05) is 52.1 Å². The number of pyridine rings is 2. The summed E-state index contributed by atoms with van der Waals surface area (Å²) in [6, 6.07) is 14.5. The molecule has 28 heavy (non-hydrogen) atoms. The van der Waals surface area contributed by atoms with Gasteiger partial charge in [0.05, 0.1) is 11.2 Å². The molecule has 1 radical (unpaired) electrons. The monoisotopic (exact) mass is 452 g/mol. The van der Waals surface area contributed by atoms with Crippen molar-refractivity contribution in [2.24, 2.45) is 0 Å². The zero-order chi connectivity index (χ0) is 20.1. The topological polar surface area (TPSA) is 29.0 Å². The van der Waals surface area contributed by atoms with Crippen LogP contribution in [-0.4, -0.2) is 34.5 Å². The summed E-state index contributed by atoms with van der Waals surface area (Å²) in [5, 5.41) is 1.22. The summed E-state index contributed by atoms with van der Waals surface area (Å²) >= 11 is 0. The van der Waals surface area contributed by atoms with E-state index in [1.165, 1.54) is 10.9 Å². The molecule has 0 saturated carbocycles. The third-order valence-electron chi connectivity index (χ3n) is 4.09. The van der Waals surface area contributed by atoms with Crippen LogP contribution in [0.4, 0.5) is 0 Å². The van der Waals surface area contributed by atoms with Crippen LogP contribution < -0.4 is 0 Å². The first-order valence-electron chi connectivity index (χ1n) is 9.91. The zero-order valence-corrected chi connectivity index (χ0v) is 20.7. The molecule has 149 valence electrons. The summed E-state index contributed by atoms with van der Waals surface area (Å²) in [4.78, 5) is 11.2. The Morgan fingerprint density at radius 2 is 1.61 bits per heavy atom. The Bertz CT molecular complexity index is 771. The van der Waals surface area contributed by atoms with Crippen LogP contribution in [0, 0.1) is 13.8 Å². The van der Waals surface area contributed by atoms with Crippen LogP contribution in [0.5, 0.6) is 0 Å². The molecule has 0 bridgehead atoms. The molecule has 0 saturated heterocycles. The van der Waals surface area contributed by atoms with E-state index in [4.69, 9.17) is 4.98 Å². The predicted molar refractivity (Wildman–Crippen MR) is 119 cm³/mol. The fourth-order valence-electron chi connectivity index (χ4n) is 2.73. The van der Waals surface area contributed by atoms with Crippen LogP contribution in [0.15, 0.2) is 54.9 Å². The summed E-state index contributed by atoms with van der Waals surface area (Å²) in [7, 11) is 0. The van der Waals surface area contributed by atoms with E-state index in [0.717, 1.165) is 42.8 Å². The molecule has 3 rings (SSSR count). The van der Waals surface area contributed by atoms with Gasteiger partial charge in [-0.2, -0.15) is 0 Å². The first kappa shape index (κ1) is 26.8. The van der Waals surface area contributed by atoms with Crippen molar-refractivity contribution in [3.05, 3.63) is 74.3 Å². The van der Waals surface area contributed by atoms with Gasteiger partial charge in [0.15, 0.2) is 0 Å². The van der Waals surface area contributed by atoms with Gasteiger partial charge in [-0.15, -0.1) is 13.1 Å². The minimum atomic E-state index is 0. The molecule has 0 spiro atoms. The number of fused-ring (bicyclic) bond motifs is 1. The minimum absolute atomic E-state index is 0. The number of nitrogens with zero attached hydrogens (tertiary/aromatic N) is 3. The molecule has 0 atom stereocenters. The molecular weight excluding hydrogens is 419 g/mol. The van der Waals surface area contributed by atoms with Crippen LogP contribution in [0.1, 0.15) is 33.3 Å². The van der Waals surface area contributed by atoms with Gasteiger partial charge >= 0.3 is 0 Å². The van der Waals surface area contributed by atoms with Crippen molar-refractivity contribution < 1.29 is 32.7 Å². The van der Waals surface area contributed by atoms with Gasteiger partial charge in [0.2, 0.25) is 0 Å². The van der Waals surface area contributed by atoms with Crippen LogP contribution in [0.3, 0.4) is 0 Å².